The van der Waals surface area contributed by atoms with E-state index in [2.05, 4.69) is 25.7 Å². The lowest BCUT2D eigenvalue weighted by Gasteiger charge is -2.00. The summed E-state index contributed by atoms with van der Waals surface area (Å²) in [5.41, 5.74) is 0.878. The highest BCUT2D eigenvalue weighted by molar-refractivity contribution is 8.00. The number of hydrogen-bond donors (Lipinski definition) is 1. The van der Waals surface area contributed by atoms with E-state index < -0.39 is 0 Å². The molecular formula is C12H10ClN5OS2. The molecule has 0 aliphatic heterocycles. The van der Waals surface area contributed by atoms with Crippen LogP contribution in [0.25, 0.3) is 0 Å². The minimum absolute atomic E-state index is 0.561. The molecule has 0 aliphatic rings. The third-order valence-corrected chi connectivity index (χ3v) is 4.56. The third kappa shape index (κ3) is 3.93. The molecule has 0 spiro atoms. The second kappa shape index (κ2) is 6.42. The highest BCUT2D eigenvalue weighted by Crippen LogP contribution is 2.30. The van der Waals surface area contributed by atoms with Crippen LogP contribution in [-0.2, 0) is 5.75 Å². The molecule has 0 fully saturated rings. The van der Waals surface area contributed by atoms with Crippen molar-refractivity contribution in [3.05, 3.63) is 41.1 Å². The first-order chi connectivity index (χ1) is 10.2. The van der Waals surface area contributed by atoms with Crippen molar-refractivity contribution in [2.24, 2.45) is 0 Å². The van der Waals surface area contributed by atoms with Crippen LogP contribution in [0.15, 0.2) is 33.0 Å². The zero-order valence-electron chi connectivity index (χ0n) is 10.9. The van der Waals surface area contributed by atoms with Gasteiger partial charge in [0.15, 0.2) is 4.34 Å². The molecule has 2 aromatic heterocycles. The van der Waals surface area contributed by atoms with Crippen LogP contribution in [0.1, 0.15) is 11.8 Å². The van der Waals surface area contributed by atoms with E-state index in [-0.39, 0.29) is 0 Å². The second-order valence-electron chi connectivity index (χ2n) is 4.01. The predicted molar refractivity (Wildman–Crippen MR) is 83.2 cm³/mol. The molecule has 2 heterocycles. The van der Waals surface area contributed by atoms with Crippen LogP contribution in [0.2, 0.25) is 5.02 Å². The fourth-order valence-corrected chi connectivity index (χ4v) is 3.33. The molecule has 0 radical (unpaired) electrons. The Labute approximate surface area is 134 Å². The summed E-state index contributed by atoms with van der Waals surface area (Å²) < 4.78 is 6.13. The van der Waals surface area contributed by atoms with Crippen molar-refractivity contribution < 1.29 is 4.42 Å². The van der Waals surface area contributed by atoms with Crippen LogP contribution in [0, 0.1) is 6.92 Å². The van der Waals surface area contributed by atoms with Gasteiger partial charge in [0.25, 0.3) is 0 Å². The monoisotopic (exact) mass is 339 g/mol. The number of benzene rings is 1. The van der Waals surface area contributed by atoms with Gasteiger partial charge in [0.05, 0.1) is 5.75 Å². The van der Waals surface area contributed by atoms with Crippen LogP contribution in [0.4, 0.5) is 10.8 Å². The molecule has 1 N–H and O–H groups in total. The standard InChI is InChI=1S/C12H10ClN5OS2/c1-7-15-16-10(19-7)6-20-12-18-17-11(21-12)14-9-4-2-3-8(13)5-9/h2-5H,6H2,1H3,(H,14,17). The van der Waals surface area contributed by atoms with E-state index in [1.54, 1.807) is 6.92 Å². The van der Waals surface area contributed by atoms with Crippen LogP contribution < -0.4 is 5.32 Å². The fraction of sp³-hybridized carbons (Fsp3) is 0.167. The Morgan fingerprint density at radius 2 is 2.19 bits per heavy atom. The van der Waals surface area contributed by atoms with Crippen molar-refractivity contribution >= 4 is 45.5 Å². The molecule has 6 nitrogen and oxygen atoms in total. The van der Waals surface area contributed by atoms with E-state index in [4.69, 9.17) is 16.0 Å². The van der Waals surface area contributed by atoms with Gasteiger partial charge in [0.1, 0.15) is 0 Å². The molecule has 0 aliphatic carbocycles. The minimum Gasteiger partial charge on any atom is -0.425 e. The number of halogens is 1. The maximum atomic E-state index is 5.94. The van der Waals surface area contributed by atoms with Gasteiger partial charge in [-0.15, -0.1) is 20.4 Å². The second-order valence-corrected chi connectivity index (χ2v) is 6.65. The zero-order chi connectivity index (χ0) is 14.7. The summed E-state index contributed by atoms with van der Waals surface area (Å²) in [6.45, 7) is 1.76. The lowest BCUT2D eigenvalue weighted by Crippen LogP contribution is -1.88. The molecule has 0 amide bonds. The Balaban J connectivity index is 1.61. The average molecular weight is 340 g/mol. The highest BCUT2D eigenvalue weighted by atomic mass is 35.5. The van der Waals surface area contributed by atoms with E-state index in [0.29, 0.717) is 27.7 Å². The number of aryl methyl sites for hydroxylation is 1. The fourth-order valence-electron chi connectivity index (χ4n) is 1.53. The Kier molecular flexibility index (Phi) is 4.37. The van der Waals surface area contributed by atoms with E-state index in [9.17, 15) is 0 Å². The molecule has 1 aromatic carbocycles. The largest absolute Gasteiger partial charge is 0.425 e. The summed E-state index contributed by atoms with van der Waals surface area (Å²) in [7, 11) is 0. The maximum absolute atomic E-state index is 5.94. The van der Waals surface area contributed by atoms with Gasteiger partial charge in [0.2, 0.25) is 16.9 Å². The van der Waals surface area contributed by atoms with Crippen LogP contribution in [-0.4, -0.2) is 20.4 Å². The summed E-state index contributed by atoms with van der Waals surface area (Å²) in [6.07, 6.45) is 0. The van der Waals surface area contributed by atoms with Gasteiger partial charge in [-0.1, -0.05) is 40.8 Å². The van der Waals surface area contributed by atoms with Gasteiger partial charge in [-0.05, 0) is 18.2 Å². The van der Waals surface area contributed by atoms with Crippen LogP contribution in [0.5, 0.6) is 0 Å². The molecule has 3 aromatic rings. The maximum Gasteiger partial charge on any atom is 0.226 e. The number of thioether (sulfide) groups is 1. The quantitative estimate of drug-likeness (QED) is 0.706. The van der Waals surface area contributed by atoms with Gasteiger partial charge in [-0.2, -0.15) is 0 Å². The molecule has 9 heteroatoms. The Morgan fingerprint density at radius 3 is 2.95 bits per heavy atom. The molecule has 0 bridgehead atoms. The Hall–Kier alpha value is -1.64. The van der Waals surface area contributed by atoms with Crippen molar-refractivity contribution in [2.75, 3.05) is 5.32 Å². The molecule has 3 rings (SSSR count). The van der Waals surface area contributed by atoms with Crippen molar-refractivity contribution in [1.82, 2.24) is 20.4 Å². The van der Waals surface area contributed by atoms with Crippen LogP contribution >= 0.6 is 34.7 Å². The first-order valence-electron chi connectivity index (χ1n) is 5.97. The molecule has 0 unspecified atom stereocenters. The van der Waals surface area contributed by atoms with E-state index in [1.807, 2.05) is 24.3 Å². The van der Waals surface area contributed by atoms with Crippen molar-refractivity contribution in [3.8, 4) is 0 Å². The third-order valence-electron chi connectivity index (χ3n) is 2.37. The minimum atomic E-state index is 0.561. The first-order valence-corrected chi connectivity index (χ1v) is 8.15. The van der Waals surface area contributed by atoms with Crippen molar-refractivity contribution in [2.45, 2.75) is 17.0 Å². The summed E-state index contributed by atoms with van der Waals surface area (Å²) in [5.74, 6) is 1.72. The molecule has 108 valence electrons. The Bertz CT molecular complexity index is 745. The summed E-state index contributed by atoms with van der Waals surface area (Å²) in [6, 6.07) is 7.44. The molecule has 0 saturated carbocycles. The summed E-state index contributed by atoms with van der Waals surface area (Å²) >= 11 is 8.90. The number of rotatable bonds is 5. The number of nitrogens with one attached hydrogen (secondary N) is 1. The highest BCUT2D eigenvalue weighted by Gasteiger charge is 2.08. The van der Waals surface area contributed by atoms with E-state index in [1.165, 1.54) is 23.1 Å². The number of anilines is 2. The van der Waals surface area contributed by atoms with Gasteiger partial charge < -0.3 is 9.73 Å². The smallest absolute Gasteiger partial charge is 0.226 e. The van der Waals surface area contributed by atoms with Gasteiger partial charge in [-0.3, -0.25) is 0 Å². The van der Waals surface area contributed by atoms with Gasteiger partial charge in [0, 0.05) is 17.6 Å². The van der Waals surface area contributed by atoms with Gasteiger partial charge >= 0.3 is 0 Å². The number of nitrogens with zero attached hydrogens (tertiary/aromatic N) is 4. The molecule has 0 atom stereocenters. The average Bonchev–Trinajstić information content (AvgIpc) is 3.06. The zero-order valence-corrected chi connectivity index (χ0v) is 13.3. The van der Waals surface area contributed by atoms with Gasteiger partial charge in [-0.25, -0.2) is 0 Å². The molecule has 21 heavy (non-hydrogen) atoms. The summed E-state index contributed by atoms with van der Waals surface area (Å²) in [5, 5.41) is 20.4. The molecule has 0 saturated heterocycles. The van der Waals surface area contributed by atoms with Crippen LogP contribution in [0.3, 0.4) is 0 Å². The SMILES string of the molecule is Cc1nnc(CSc2nnc(Nc3cccc(Cl)c3)s2)o1. The topological polar surface area (TPSA) is 76.7 Å². The summed E-state index contributed by atoms with van der Waals surface area (Å²) in [4.78, 5) is 0. The van der Waals surface area contributed by atoms with E-state index in [0.717, 1.165) is 10.0 Å². The predicted octanol–water partition coefficient (Wildman–Crippen LogP) is 3.92. The van der Waals surface area contributed by atoms with E-state index >= 15 is 0 Å². The lowest BCUT2D eigenvalue weighted by molar-refractivity contribution is 0.485. The Morgan fingerprint density at radius 1 is 1.29 bits per heavy atom. The number of hydrogen-bond acceptors (Lipinski definition) is 8. The normalized spacial score (nSPS) is 10.8. The molecular weight excluding hydrogens is 330 g/mol. The van der Waals surface area contributed by atoms with Crippen molar-refractivity contribution in [1.29, 1.82) is 0 Å². The first kappa shape index (κ1) is 14.3. The lowest BCUT2D eigenvalue weighted by atomic mass is 10.3. The van der Waals surface area contributed by atoms with Crippen molar-refractivity contribution in [3.63, 3.8) is 0 Å². The number of aromatic nitrogens is 4.